The number of halogens is 1. The first-order chi connectivity index (χ1) is 16.8. The molecule has 4 aromatic rings. The standard InChI is InChI=1S/C27H19FN2O4S/c1-15-25(35-26(29-15)17-6-3-2-4-7-17)23(32)21-22(16-10-12-20(31)13-11-16)30(27(34)24(21)33)19-9-5-8-18(28)14-19/h2-14,22,31,33H,1H3. The number of aliphatic hydroxyl groups excluding tert-OH is 1. The zero-order valence-corrected chi connectivity index (χ0v) is 19.3. The maximum Gasteiger partial charge on any atom is 0.294 e. The molecule has 0 aliphatic carbocycles. The molecule has 5 rings (SSSR count). The van der Waals surface area contributed by atoms with Crippen LogP contribution in [0.2, 0.25) is 0 Å². The highest BCUT2D eigenvalue weighted by atomic mass is 32.1. The molecule has 174 valence electrons. The Morgan fingerprint density at radius 3 is 2.40 bits per heavy atom. The van der Waals surface area contributed by atoms with Crippen LogP contribution in [0.4, 0.5) is 10.1 Å². The highest BCUT2D eigenvalue weighted by Crippen LogP contribution is 2.43. The third kappa shape index (κ3) is 3.98. The molecule has 0 fully saturated rings. The molecule has 1 aliphatic rings. The van der Waals surface area contributed by atoms with Crippen LogP contribution in [0.5, 0.6) is 5.75 Å². The van der Waals surface area contributed by atoms with E-state index in [9.17, 15) is 24.2 Å². The van der Waals surface area contributed by atoms with E-state index in [1.165, 1.54) is 46.6 Å². The lowest BCUT2D eigenvalue weighted by atomic mass is 9.94. The zero-order chi connectivity index (χ0) is 24.7. The molecule has 1 amide bonds. The summed E-state index contributed by atoms with van der Waals surface area (Å²) >= 11 is 1.17. The fraction of sp³-hybridized carbons (Fsp3) is 0.0741. The van der Waals surface area contributed by atoms with Crippen molar-refractivity contribution < 1.29 is 24.2 Å². The largest absolute Gasteiger partial charge is 0.508 e. The Morgan fingerprint density at radius 2 is 1.71 bits per heavy atom. The Hall–Kier alpha value is -4.30. The van der Waals surface area contributed by atoms with Gasteiger partial charge in [-0.25, -0.2) is 9.37 Å². The summed E-state index contributed by atoms with van der Waals surface area (Å²) in [5, 5.41) is 21.3. The summed E-state index contributed by atoms with van der Waals surface area (Å²) < 4.78 is 14.0. The SMILES string of the molecule is Cc1nc(-c2ccccc2)sc1C(=O)C1=C(O)C(=O)N(c2cccc(F)c2)C1c1ccc(O)cc1. The number of Topliss-reactive ketones (excluding diaryl/α,β-unsaturated/α-hetero) is 1. The molecule has 8 heteroatoms. The summed E-state index contributed by atoms with van der Waals surface area (Å²) in [5.41, 5.74) is 1.85. The summed E-state index contributed by atoms with van der Waals surface area (Å²) in [5.74, 6) is -2.62. The molecule has 0 saturated carbocycles. The molecule has 35 heavy (non-hydrogen) atoms. The predicted molar refractivity (Wildman–Crippen MR) is 131 cm³/mol. The van der Waals surface area contributed by atoms with Gasteiger partial charge in [0.1, 0.15) is 16.6 Å². The number of anilines is 1. The van der Waals surface area contributed by atoms with Gasteiger partial charge in [0.25, 0.3) is 5.91 Å². The van der Waals surface area contributed by atoms with Crippen molar-refractivity contribution in [1.82, 2.24) is 4.98 Å². The number of carbonyl (C=O) groups excluding carboxylic acids is 2. The molecular weight excluding hydrogens is 467 g/mol. The van der Waals surface area contributed by atoms with Crippen molar-refractivity contribution in [3.8, 4) is 16.3 Å². The topological polar surface area (TPSA) is 90.7 Å². The number of hydrogen-bond acceptors (Lipinski definition) is 6. The van der Waals surface area contributed by atoms with Crippen LogP contribution >= 0.6 is 11.3 Å². The number of ketones is 1. The van der Waals surface area contributed by atoms with E-state index in [0.717, 1.165) is 11.6 Å². The number of amides is 1. The highest BCUT2D eigenvalue weighted by molar-refractivity contribution is 7.17. The van der Waals surface area contributed by atoms with Gasteiger partial charge in [-0.1, -0.05) is 48.5 Å². The van der Waals surface area contributed by atoms with Gasteiger partial charge in [-0.05, 0) is 42.8 Å². The second kappa shape index (κ2) is 8.81. The minimum atomic E-state index is -1.03. The normalized spacial score (nSPS) is 15.7. The number of phenols is 1. The number of aromatic hydroxyl groups is 1. The van der Waals surface area contributed by atoms with Gasteiger partial charge in [-0.15, -0.1) is 11.3 Å². The number of carbonyl (C=O) groups is 2. The summed E-state index contributed by atoms with van der Waals surface area (Å²) in [7, 11) is 0. The van der Waals surface area contributed by atoms with Crippen LogP contribution in [0.3, 0.4) is 0 Å². The van der Waals surface area contributed by atoms with Gasteiger partial charge in [0.2, 0.25) is 5.78 Å². The van der Waals surface area contributed by atoms with E-state index < -0.39 is 29.3 Å². The van der Waals surface area contributed by atoms with Crippen LogP contribution in [-0.2, 0) is 4.79 Å². The summed E-state index contributed by atoms with van der Waals surface area (Å²) in [6.07, 6.45) is 0. The van der Waals surface area contributed by atoms with Gasteiger partial charge in [-0.2, -0.15) is 0 Å². The molecule has 0 saturated heterocycles. The minimum Gasteiger partial charge on any atom is -0.508 e. The van der Waals surface area contributed by atoms with Crippen molar-refractivity contribution in [3.63, 3.8) is 0 Å². The Bertz CT molecular complexity index is 1480. The van der Waals surface area contributed by atoms with E-state index in [2.05, 4.69) is 4.98 Å². The smallest absolute Gasteiger partial charge is 0.294 e. The molecule has 0 spiro atoms. The number of aryl methyl sites for hydroxylation is 1. The van der Waals surface area contributed by atoms with Crippen LogP contribution in [0.15, 0.2) is 90.2 Å². The fourth-order valence-electron chi connectivity index (χ4n) is 4.14. The second-order valence-electron chi connectivity index (χ2n) is 8.04. The molecule has 2 N–H and O–H groups in total. The summed E-state index contributed by atoms with van der Waals surface area (Å²) in [4.78, 5) is 33.0. The number of hydrogen-bond donors (Lipinski definition) is 2. The van der Waals surface area contributed by atoms with E-state index in [0.29, 0.717) is 21.1 Å². The number of thiazole rings is 1. The quantitative estimate of drug-likeness (QED) is 0.351. The minimum absolute atomic E-state index is 0.00209. The first-order valence-electron chi connectivity index (χ1n) is 10.7. The molecule has 0 radical (unpaired) electrons. The maximum absolute atomic E-state index is 14.0. The van der Waals surface area contributed by atoms with Gasteiger partial charge in [-0.3, -0.25) is 14.5 Å². The van der Waals surface area contributed by atoms with Crippen molar-refractivity contribution in [1.29, 1.82) is 0 Å². The maximum atomic E-state index is 14.0. The molecule has 1 unspecified atom stereocenters. The lowest BCUT2D eigenvalue weighted by molar-refractivity contribution is -0.117. The lowest BCUT2D eigenvalue weighted by Gasteiger charge is -2.27. The first kappa shape index (κ1) is 22.5. The summed E-state index contributed by atoms with van der Waals surface area (Å²) in [6, 6.07) is 19.7. The van der Waals surface area contributed by atoms with Crippen LogP contribution in [0, 0.1) is 12.7 Å². The number of nitrogens with zero attached hydrogens (tertiary/aromatic N) is 2. The van der Waals surface area contributed by atoms with E-state index in [4.69, 9.17) is 0 Å². The zero-order valence-electron chi connectivity index (χ0n) is 18.5. The summed E-state index contributed by atoms with van der Waals surface area (Å²) in [6.45, 7) is 1.70. The van der Waals surface area contributed by atoms with Gasteiger partial charge in [0, 0.05) is 11.3 Å². The second-order valence-corrected chi connectivity index (χ2v) is 9.04. The molecule has 3 aromatic carbocycles. The van der Waals surface area contributed by atoms with Crippen LogP contribution in [-0.4, -0.2) is 26.9 Å². The number of benzene rings is 3. The van der Waals surface area contributed by atoms with E-state index >= 15 is 0 Å². The lowest BCUT2D eigenvalue weighted by Crippen LogP contribution is -2.31. The molecule has 1 aliphatic heterocycles. The average molecular weight is 487 g/mol. The molecule has 2 heterocycles. The van der Waals surface area contributed by atoms with Gasteiger partial charge >= 0.3 is 0 Å². The number of aliphatic hydroxyl groups is 1. The van der Waals surface area contributed by atoms with Crippen molar-refractivity contribution in [3.05, 3.63) is 112 Å². The monoisotopic (exact) mass is 486 g/mol. The highest BCUT2D eigenvalue weighted by Gasteiger charge is 2.45. The molecular formula is C27H19FN2O4S. The van der Waals surface area contributed by atoms with Gasteiger partial charge in [0.15, 0.2) is 5.76 Å². The Balaban J connectivity index is 1.64. The third-order valence-electron chi connectivity index (χ3n) is 5.77. The molecule has 1 atom stereocenters. The fourth-order valence-corrected chi connectivity index (χ4v) is 5.16. The van der Waals surface area contributed by atoms with Crippen LogP contribution in [0.1, 0.15) is 27.0 Å². The van der Waals surface area contributed by atoms with Crippen molar-refractivity contribution in [2.45, 2.75) is 13.0 Å². The van der Waals surface area contributed by atoms with E-state index in [1.807, 2.05) is 30.3 Å². The van der Waals surface area contributed by atoms with E-state index in [1.54, 1.807) is 19.1 Å². The third-order valence-corrected chi connectivity index (χ3v) is 6.98. The van der Waals surface area contributed by atoms with Gasteiger partial charge < -0.3 is 10.2 Å². The van der Waals surface area contributed by atoms with Crippen LogP contribution < -0.4 is 4.90 Å². The molecule has 0 bridgehead atoms. The van der Waals surface area contributed by atoms with Crippen LogP contribution in [0.25, 0.3) is 10.6 Å². The van der Waals surface area contributed by atoms with Crippen molar-refractivity contribution >= 4 is 28.7 Å². The Morgan fingerprint density at radius 1 is 1.00 bits per heavy atom. The Kier molecular flexibility index (Phi) is 5.66. The number of rotatable bonds is 5. The number of aromatic nitrogens is 1. The van der Waals surface area contributed by atoms with Gasteiger partial charge in [0.05, 0.1) is 22.2 Å². The molecule has 6 nitrogen and oxygen atoms in total. The predicted octanol–water partition coefficient (Wildman–Crippen LogP) is 5.75. The van der Waals surface area contributed by atoms with Crippen molar-refractivity contribution in [2.75, 3.05) is 4.90 Å². The average Bonchev–Trinajstić information content (AvgIpc) is 3.37. The first-order valence-corrected chi connectivity index (χ1v) is 11.6. The molecule has 1 aromatic heterocycles. The number of phenolic OH excluding ortho intramolecular Hbond substituents is 1. The Labute approximate surface area is 204 Å². The van der Waals surface area contributed by atoms with Crippen molar-refractivity contribution in [2.24, 2.45) is 0 Å². The van der Waals surface area contributed by atoms with E-state index in [-0.39, 0.29) is 17.0 Å².